The average Bonchev–Trinajstić information content (AvgIpc) is 3.58. The minimum Gasteiger partial charge on any atom is -0.458 e. The number of hydrogen-bond donors (Lipinski definition) is 5. The molecule has 0 radical (unpaired) electrons. The number of cyclic esters (lactones) is 1. The number of carbonyl (C=O) groups excluding carboxylic acids is 1. The van der Waals surface area contributed by atoms with Gasteiger partial charge in [0.2, 0.25) is 0 Å². The number of rotatable bonds is 7. The molecule has 5 N–H and O–H groups in total. The summed E-state index contributed by atoms with van der Waals surface area (Å²) in [6, 6.07) is 0. The first-order valence-corrected chi connectivity index (χ1v) is 18.1. The second-order valence-electron chi connectivity index (χ2n) is 16.0. The summed E-state index contributed by atoms with van der Waals surface area (Å²) in [7, 11) is 0. The van der Waals surface area contributed by atoms with Gasteiger partial charge in [-0.05, 0) is 120 Å². The van der Waals surface area contributed by atoms with Gasteiger partial charge in [0.25, 0.3) is 0 Å². The lowest BCUT2D eigenvalue weighted by atomic mass is 9.41. The molecule has 0 unspecified atom stereocenters. The molecular weight excluding hydrogens is 586 g/mol. The minimum atomic E-state index is -0.989. The predicted molar refractivity (Wildman–Crippen MR) is 171 cm³/mol. The Balaban J connectivity index is 1.14. The van der Waals surface area contributed by atoms with Crippen LogP contribution in [0.2, 0.25) is 0 Å². The molecular formula is C37H55NO8. The molecule has 0 aromatic heterocycles. The molecule has 1 saturated heterocycles. The molecule has 7 aliphatic rings. The van der Waals surface area contributed by atoms with Crippen LogP contribution in [0.3, 0.4) is 0 Å². The third-order valence-electron chi connectivity index (χ3n) is 13.9. The van der Waals surface area contributed by atoms with Crippen molar-refractivity contribution < 1.29 is 39.4 Å². The maximum atomic E-state index is 12.8. The van der Waals surface area contributed by atoms with E-state index in [2.05, 4.69) is 30.6 Å². The summed E-state index contributed by atoms with van der Waals surface area (Å²) in [4.78, 5) is 12.0. The summed E-state index contributed by atoms with van der Waals surface area (Å²) >= 11 is 0. The Hall–Kier alpha value is -1.75. The second kappa shape index (κ2) is 12.3. The van der Waals surface area contributed by atoms with Gasteiger partial charge in [0.1, 0.15) is 12.7 Å². The molecule has 7 rings (SSSR count). The van der Waals surface area contributed by atoms with Gasteiger partial charge in [-0.15, -0.1) is 0 Å². The first-order valence-electron chi connectivity index (χ1n) is 18.1. The summed E-state index contributed by atoms with van der Waals surface area (Å²) in [5, 5.41) is 49.7. The number of fused-ring (bicyclic) bond motifs is 5. The number of aliphatic hydroxyl groups is 4. The summed E-state index contributed by atoms with van der Waals surface area (Å²) in [5.41, 5.74) is -0.258. The maximum Gasteiger partial charge on any atom is 0.331 e. The van der Waals surface area contributed by atoms with Crippen LogP contribution in [0.4, 0.5) is 0 Å². The van der Waals surface area contributed by atoms with Crippen molar-refractivity contribution in [2.75, 3.05) is 13.2 Å². The Morgan fingerprint density at radius 3 is 2.63 bits per heavy atom. The molecule has 5 aliphatic carbocycles. The van der Waals surface area contributed by atoms with Gasteiger partial charge in [-0.1, -0.05) is 18.6 Å². The lowest BCUT2D eigenvalue weighted by Crippen LogP contribution is -2.70. The molecule has 256 valence electrons. The number of hydrogen-bond acceptors (Lipinski definition) is 9. The van der Waals surface area contributed by atoms with Crippen LogP contribution in [0.5, 0.6) is 0 Å². The van der Waals surface area contributed by atoms with Crippen molar-refractivity contribution in [3.63, 3.8) is 0 Å². The smallest absolute Gasteiger partial charge is 0.331 e. The van der Waals surface area contributed by atoms with Crippen molar-refractivity contribution in [2.45, 2.75) is 146 Å². The van der Waals surface area contributed by atoms with Crippen LogP contribution < -0.4 is 5.32 Å². The summed E-state index contributed by atoms with van der Waals surface area (Å²) < 4.78 is 17.6. The van der Waals surface area contributed by atoms with Gasteiger partial charge in [-0.3, -0.25) is 0 Å². The molecule has 0 bridgehead atoms. The zero-order valence-electron chi connectivity index (χ0n) is 27.7. The number of allylic oxidation sites excluding steroid dienone is 3. The highest BCUT2D eigenvalue weighted by molar-refractivity contribution is 5.85. The van der Waals surface area contributed by atoms with Crippen LogP contribution in [-0.2, 0) is 19.0 Å². The van der Waals surface area contributed by atoms with E-state index in [4.69, 9.17) is 14.2 Å². The lowest BCUT2D eigenvalue weighted by Gasteiger charge is -2.67. The van der Waals surface area contributed by atoms with Crippen LogP contribution in [0, 0.1) is 28.6 Å². The number of nitrogens with one attached hydrogen (secondary N) is 1. The van der Waals surface area contributed by atoms with Crippen LogP contribution >= 0.6 is 0 Å². The molecule has 12 atom stereocenters. The molecule has 5 fully saturated rings. The third kappa shape index (κ3) is 5.32. The molecule has 9 nitrogen and oxygen atoms in total. The van der Waals surface area contributed by atoms with E-state index in [9.17, 15) is 25.2 Å². The van der Waals surface area contributed by atoms with Crippen LogP contribution in [0.25, 0.3) is 0 Å². The van der Waals surface area contributed by atoms with Crippen molar-refractivity contribution in [3.8, 4) is 0 Å². The Labute approximate surface area is 273 Å². The predicted octanol–water partition coefficient (Wildman–Crippen LogP) is 4.18. The lowest BCUT2D eigenvalue weighted by molar-refractivity contribution is -0.292. The Kier molecular flexibility index (Phi) is 8.76. The molecule has 2 heterocycles. The monoisotopic (exact) mass is 641 g/mol. The number of ether oxygens (including phenoxy) is 3. The Bertz CT molecular complexity index is 1250. The molecule has 0 aromatic rings. The molecule has 4 saturated carbocycles. The van der Waals surface area contributed by atoms with E-state index < -0.39 is 41.2 Å². The minimum absolute atomic E-state index is 0.0543. The van der Waals surface area contributed by atoms with Crippen LogP contribution in [0.15, 0.2) is 35.6 Å². The second-order valence-corrected chi connectivity index (χ2v) is 16.0. The molecule has 9 heteroatoms. The number of aliphatic hydroxyl groups excluding tert-OH is 2. The molecule has 0 aromatic carbocycles. The number of carbonyl (C=O) groups is 1. The van der Waals surface area contributed by atoms with Gasteiger partial charge in [-0.25, -0.2) is 4.79 Å². The zero-order chi connectivity index (χ0) is 32.3. The highest BCUT2D eigenvalue weighted by atomic mass is 16.7. The van der Waals surface area contributed by atoms with Gasteiger partial charge in [0.05, 0.1) is 29.5 Å². The highest BCUT2D eigenvalue weighted by Crippen LogP contribution is 2.70. The Morgan fingerprint density at radius 2 is 1.89 bits per heavy atom. The highest BCUT2D eigenvalue weighted by Gasteiger charge is 2.71. The SMILES string of the molecule is C[C@H]1O[C@@H](O[C@H]2CC[C@]3(CN/C=C/C4=CCCCC4)[C@H]4CC[C@]5(C)[C@H](C6=CC(=O)OC6)CC[C@]5(O)[C@@H]4CC[C@]3(O)C2)C[C@@H](O)[C@@H]1O. The van der Waals surface area contributed by atoms with Gasteiger partial charge in [-0.2, -0.15) is 0 Å². The van der Waals surface area contributed by atoms with Gasteiger partial charge >= 0.3 is 5.97 Å². The van der Waals surface area contributed by atoms with Crippen molar-refractivity contribution >= 4 is 5.97 Å². The van der Waals surface area contributed by atoms with E-state index in [0.29, 0.717) is 32.4 Å². The fraction of sp³-hybridized carbons (Fsp3) is 0.811. The van der Waals surface area contributed by atoms with Gasteiger partial charge in [0, 0.05) is 36.3 Å². The average molecular weight is 642 g/mol. The fourth-order valence-electron chi connectivity index (χ4n) is 11.4. The molecule has 46 heavy (non-hydrogen) atoms. The first-order chi connectivity index (χ1) is 22.0. The largest absolute Gasteiger partial charge is 0.458 e. The fourth-order valence-corrected chi connectivity index (χ4v) is 11.4. The standard InChI is InChI=1S/C37H55NO8/c1-23-33(41)30(39)19-32(45-23)46-26-8-14-35(22-38-17-12-24-6-4-3-5-7-24)28-9-13-34(2)27(25-18-31(40)44-21-25)11-16-37(34,43)29(28)10-15-36(35,42)20-26/h6,12,17-18,23,26-30,32-33,38-39,41-43H,3-5,7-11,13-16,19-22H2,1-2H3/b17-12+/t23-,26+,27+,28+,29-,30-,32+,33-,34-,35+,36+,37+/m1/s1. The van der Waals surface area contributed by atoms with E-state index in [1.807, 2.05) is 0 Å². The van der Waals surface area contributed by atoms with E-state index in [-0.39, 0.29) is 41.7 Å². The topological polar surface area (TPSA) is 138 Å². The Morgan fingerprint density at radius 1 is 1.07 bits per heavy atom. The maximum absolute atomic E-state index is 12.8. The first kappa shape index (κ1) is 32.8. The van der Waals surface area contributed by atoms with Crippen molar-refractivity contribution in [2.24, 2.45) is 28.6 Å². The normalized spacial score (nSPS) is 49.0. The summed E-state index contributed by atoms with van der Waals surface area (Å²) in [5.74, 6) is 0.0449. The van der Waals surface area contributed by atoms with Crippen LogP contribution in [-0.4, -0.2) is 81.5 Å². The zero-order valence-corrected chi connectivity index (χ0v) is 27.7. The van der Waals surface area contributed by atoms with E-state index in [1.165, 1.54) is 18.4 Å². The van der Waals surface area contributed by atoms with Gasteiger partial charge < -0.3 is 40.0 Å². The molecule has 2 aliphatic heterocycles. The van der Waals surface area contributed by atoms with Crippen molar-refractivity contribution in [1.29, 1.82) is 0 Å². The third-order valence-corrected chi connectivity index (χ3v) is 13.9. The van der Waals surface area contributed by atoms with E-state index >= 15 is 0 Å². The van der Waals surface area contributed by atoms with E-state index in [0.717, 1.165) is 56.9 Å². The molecule has 0 spiro atoms. The number of esters is 1. The van der Waals surface area contributed by atoms with E-state index in [1.54, 1.807) is 13.0 Å². The van der Waals surface area contributed by atoms with Crippen molar-refractivity contribution in [3.05, 3.63) is 35.6 Å². The quantitative estimate of drug-likeness (QED) is 0.205. The van der Waals surface area contributed by atoms with Crippen molar-refractivity contribution in [1.82, 2.24) is 5.32 Å². The van der Waals surface area contributed by atoms with Gasteiger partial charge in [0.15, 0.2) is 6.29 Å². The van der Waals surface area contributed by atoms with Crippen LogP contribution in [0.1, 0.15) is 104 Å². The summed E-state index contributed by atoms with van der Waals surface area (Å²) in [6.45, 7) is 4.95. The summed E-state index contributed by atoms with van der Waals surface area (Å²) in [6.07, 6.45) is 16.6. The molecule has 0 amide bonds.